The van der Waals surface area contributed by atoms with Crippen LogP contribution in [-0.2, 0) is 18.9 Å². The van der Waals surface area contributed by atoms with E-state index in [1.807, 2.05) is 20.8 Å². The maximum Gasteiger partial charge on any atom is 0.427 e. The summed E-state index contributed by atoms with van der Waals surface area (Å²) < 4.78 is 35.7. The van der Waals surface area contributed by atoms with Crippen LogP contribution in [0.4, 0.5) is 26.8 Å². The lowest BCUT2D eigenvalue weighted by Gasteiger charge is -2.18. The summed E-state index contributed by atoms with van der Waals surface area (Å²) in [6.45, 7) is 11.2. The van der Waals surface area contributed by atoms with E-state index in [9.17, 15) is 23.3 Å². The molecule has 0 spiro atoms. The van der Waals surface area contributed by atoms with E-state index in [0.717, 1.165) is 38.3 Å². The van der Waals surface area contributed by atoms with Gasteiger partial charge in [0.1, 0.15) is 17.6 Å². The van der Waals surface area contributed by atoms with Gasteiger partial charge in [0.2, 0.25) is 17.2 Å². The predicted octanol–water partition coefficient (Wildman–Crippen LogP) is 6.04. The van der Waals surface area contributed by atoms with Gasteiger partial charge in [-0.05, 0) is 90.0 Å². The number of benzene rings is 1. The summed E-state index contributed by atoms with van der Waals surface area (Å²) in [5.41, 5.74) is 5.40. The van der Waals surface area contributed by atoms with Crippen molar-refractivity contribution in [1.82, 2.24) is 15.0 Å². The van der Waals surface area contributed by atoms with E-state index in [2.05, 4.69) is 25.6 Å². The number of carboxylic acid groups (broad SMARTS) is 1. The van der Waals surface area contributed by atoms with E-state index < -0.39 is 37.2 Å². The molecule has 0 bridgehead atoms. The smallest absolute Gasteiger partial charge is 0.427 e. The third kappa shape index (κ3) is 13.7. The summed E-state index contributed by atoms with van der Waals surface area (Å²) >= 11 is 11.8. The largest absolute Gasteiger partial charge is 0.489 e. The molecule has 1 saturated heterocycles. The van der Waals surface area contributed by atoms with Crippen molar-refractivity contribution in [3.63, 3.8) is 0 Å². The lowest BCUT2D eigenvalue weighted by molar-refractivity contribution is -0.138. The Morgan fingerprint density at radius 3 is 2.31 bits per heavy atom. The molecule has 19 heteroatoms. The van der Waals surface area contributed by atoms with E-state index in [1.54, 1.807) is 13.8 Å². The molecule has 2 heterocycles. The molecule has 6 N–H and O–H groups in total. The second-order valence-corrected chi connectivity index (χ2v) is 15.0. The van der Waals surface area contributed by atoms with Crippen LogP contribution in [0.25, 0.3) is 0 Å². The molecular formula is C30H43Cl2FN7O8P. The Hall–Kier alpha value is -3.56. The number of hydrogen-bond acceptors (Lipinski definition) is 12. The zero-order chi connectivity index (χ0) is 37.1. The molecule has 1 aliphatic carbocycles. The van der Waals surface area contributed by atoms with Gasteiger partial charge < -0.3 is 35.8 Å². The summed E-state index contributed by atoms with van der Waals surface area (Å²) in [5.74, 6) is -1.48. The van der Waals surface area contributed by atoms with Crippen molar-refractivity contribution in [2.75, 3.05) is 34.9 Å². The first-order valence-corrected chi connectivity index (χ1v) is 18.5. The summed E-state index contributed by atoms with van der Waals surface area (Å²) in [7, 11) is -3.10. The number of carboxylic acids is 1. The summed E-state index contributed by atoms with van der Waals surface area (Å²) in [6, 6.07) is 1.56. The Balaban J connectivity index is 0.000000284. The van der Waals surface area contributed by atoms with Crippen molar-refractivity contribution < 1.29 is 42.8 Å². The van der Waals surface area contributed by atoms with Crippen LogP contribution in [0.5, 0.6) is 5.75 Å². The Morgan fingerprint density at radius 2 is 1.80 bits per heavy atom. The number of carbonyl (C=O) groups excluding carboxylic acids is 2. The Bertz CT molecular complexity index is 1570. The summed E-state index contributed by atoms with van der Waals surface area (Å²) in [6.07, 6.45) is 3.00. The number of nitrogens with two attached hydrogens (primary N) is 1. The van der Waals surface area contributed by atoms with Crippen LogP contribution in [-0.4, -0.2) is 80.5 Å². The highest BCUT2D eigenvalue weighted by atomic mass is 35.5. The molecule has 1 saturated carbocycles. The van der Waals surface area contributed by atoms with Crippen molar-refractivity contribution in [2.45, 2.75) is 84.9 Å². The Labute approximate surface area is 294 Å². The average Bonchev–Trinajstić information content (AvgIpc) is 3.60. The Kier molecular flexibility index (Phi) is 16.1. The van der Waals surface area contributed by atoms with E-state index in [-0.39, 0.29) is 52.2 Å². The lowest BCUT2D eigenvalue weighted by atomic mass is 10.2. The molecule has 4 rings (SSSR count). The second kappa shape index (κ2) is 19.0. The molecular weight excluding hydrogens is 707 g/mol. The molecule has 1 aliphatic heterocycles. The molecule has 15 nitrogen and oxygen atoms in total. The van der Waals surface area contributed by atoms with Crippen LogP contribution < -0.4 is 26.0 Å². The SMILES string of the molecule is CC(C)=C1OC(=O)N(c2cc(OC3CCCC3)c(Cl)cc2F)C1=O.CCNc1nc(Cl)nc(NC(C)C)n1.CP(=O)(O)CCC(N)C(=O)O. The third-order valence-electron chi connectivity index (χ3n) is 6.59. The van der Waals surface area contributed by atoms with Crippen molar-refractivity contribution in [3.05, 3.63) is 39.6 Å². The van der Waals surface area contributed by atoms with Crippen molar-refractivity contribution in [1.29, 1.82) is 0 Å². The Morgan fingerprint density at radius 1 is 1.18 bits per heavy atom. The minimum Gasteiger partial charge on any atom is -0.489 e. The monoisotopic (exact) mass is 749 g/mol. The first-order valence-electron chi connectivity index (χ1n) is 15.4. The van der Waals surface area contributed by atoms with Gasteiger partial charge in [-0.25, -0.2) is 14.1 Å². The molecule has 2 amide bonds. The fourth-order valence-corrected chi connectivity index (χ4v) is 5.37. The van der Waals surface area contributed by atoms with Gasteiger partial charge in [-0.1, -0.05) is 11.6 Å². The number of cyclic esters (lactones) is 1. The molecule has 1 aromatic carbocycles. The fraction of sp³-hybridized carbons (Fsp3) is 0.533. The van der Waals surface area contributed by atoms with E-state index >= 15 is 0 Å². The van der Waals surface area contributed by atoms with Gasteiger partial charge in [-0.2, -0.15) is 15.0 Å². The van der Waals surface area contributed by atoms with Crippen LogP contribution in [0, 0.1) is 5.82 Å². The molecule has 0 radical (unpaired) electrons. The summed E-state index contributed by atoms with van der Waals surface area (Å²) in [4.78, 5) is 55.9. The fourth-order valence-electron chi connectivity index (χ4n) is 4.26. The normalized spacial score (nSPS) is 16.2. The number of halogens is 3. The minimum atomic E-state index is -3.10. The average molecular weight is 751 g/mol. The van der Waals surface area contributed by atoms with E-state index in [1.165, 1.54) is 12.7 Å². The number of rotatable bonds is 11. The number of ether oxygens (including phenoxy) is 2. The van der Waals surface area contributed by atoms with Gasteiger partial charge in [0.25, 0.3) is 0 Å². The molecule has 49 heavy (non-hydrogen) atoms. The predicted molar refractivity (Wildman–Crippen MR) is 185 cm³/mol. The molecule has 2 aromatic rings. The maximum atomic E-state index is 14.3. The molecule has 2 fully saturated rings. The number of aliphatic carboxylic acids is 1. The second-order valence-electron chi connectivity index (χ2n) is 11.7. The van der Waals surface area contributed by atoms with Gasteiger partial charge in [0.15, 0.2) is 13.1 Å². The number of allylic oxidation sites excluding steroid dienone is 1. The van der Waals surface area contributed by atoms with Gasteiger partial charge >= 0.3 is 18.0 Å². The van der Waals surface area contributed by atoms with Gasteiger partial charge in [-0.15, -0.1) is 0 Å². The number of imide groups is 1. The zero-order valence-corrected chi connectivity index (χ0v) is 30.5. The number of aromatic nitrogens is 3. The minimum absolute atomic E-state index is 0.00962. The van der Waals surface area contributed by atoms with Crippen LogP contribution in [0.1, 0.15) is 66.7 Å². The lowest BCUT2D eigenvalue weighted by Crippen LogP contribution is -2.30. The van der Waals surface area contributed by atoms with E-state index in [4.69, 9.17) is 48.4 Å². The number of nitrogens with zero attached hydrogens (tertiary/aromatic N) is 4. The maximum absolute atomic E-state index is 14.3. The van der Waals surface area contributed by atoms with Crippen LogP contribution in [0.3, 0.4) is 0 Å². The van der Waals surface area contributed by atoms with Gasteiger partial charge in [0, 0.05) is 31.5 Å². The number of carbonyl (C=O) groups is 3. The standard InChI is InChI=1S/C17H17ClFNO4.C8H14ClN5.C5H12NO4P/c1-9(2)15-16(21)20(17(22)24-15)13-8-14(11(18)7-12(13)19)23-10-5-3-4-6-10;1-4-10-7-12-6(9)13-8(14-7)11-5(2)3;1-11(9,10)3-2-4(6)5(7)8/h7-8,10H,3-6H2,1-2H3;5H,4H2,1-3H3,(H2,10,11,12,13,14);4H,2-3,6H2,1H3,(H,7,8)(H,9,10). The summed E-state index contributed by atoms with van der Waals surface area (Å²) in [5, 5.41) is 14.6. The van der Waals surface area contributed by atoms with Crippen LogP contribution >= 0.6 is 30.6 Å². The van der Waals surface area contributed by atoms with Crippen molar-refractivity contribution >= 4 is 66.1 Å². The number of hydrogen-bond donors (Lipinski definition) is 5. The highest BCUT2D eigenvalue weighted by Gasteiger charge is 2.40. The molecule has 2 atom stereocenters. The molecule has 2 unspecified atom stereocenters. The first-order chi connectivity index (χ1) is 22.8. The van der Waals surface area contributed by atoms with E-state index in [0.29, 0.717) is 22.4 Å². The van der Waals surface area contributed by atoms with Crippen LogP contribution in [0.2, 0.25) is 10.3 Å². The quantitative estimate of drug-likeness (QED) is 0.131. The van der Waals surface area contributed by atoms with Crippen molar-refractivity contribution in [3.8, 4) is 5.75 Å². The third-order valence-corrected chi connectivity index (χ3v) is 8.15. The number of anilines is 3. The highest BCUT2D eigenvalue weighted by Crippen LogP contribution is 2.38. The number of amides is 2. The first kappa shape index (κ1) is 41.6. The van der Waals surface area contributed by atoms with Gasteiger partial charge in [0.05, 0.1) is 16.8 Å². The molecule has 272 valence electrons. The molecule has 2 aliphatic rings. The van der Waals surface area contributed by atoms with Crippen LogP contribution in [0.15, 0.2) is 23.5 Å². The van der Waals surface area contributed by atoms with Gasteiger partial charge in [-0.3, -0.25) is 14.2 Å². The topological polar surface area (TPSA) is 219 Å². The highest BCUT2D eigenvalue weighted by molar-refractivity contribution is 7.57. The zero-order valence-electron chi connectivity index (χ0n) is 28.1. The molecule has 1 aromatic heterocycles. The number of nitrogens with one attached hydrogen (secondary N) is 2. The van der Waals surface area contributed by atoms with Crippen molar-refractivity contribution in [2.24, 2.45) is 5.73 Å².